The second kappa shape index (κ2) is 7.71. The Kier molecular flexibility index (Phi) is 5.19. The lowest BCUT2D eigenvalue weighted by Crippen LogP contribution is -2.31. The van der Waals surface area contributed by atoms with Crippen LogP contribution in [-0.4, -0.2) is 19.6 Å². The number of para-hydroxylation sites is 1. The molecule has 0 heterocycles. The molecule has 3 aromatic carbocycles. The van der Waals surface area contributed by atoms with Crippen molar-refractivity contribution in [1.29, 1.82) is 0 Å². The maximum atomic E-state index is 12.2. The van der Waals surface area contributed by atoms with Crippen molar-refractivity contribution in [3.63, 3.8) is 0 Å². The van der Waals surface area contributed by atoms with E-state index in [1.807, 2.05) is 73.7 Å². The second-order valence-electron chi connectivity index (χ2n) is 5.83. The number of carbonyl (C=O) groups is 1. The van der Waals surface area contributed by atoms with Crippen LogP contribution in [0, 0.1) is 0 Å². The van der Waals surface area contributed by atoms with Gasteiger partial charge in [0.1, 0.15) is 11.5 Å². The third-order valence-electron chi connectivity index (χ3n) is 4.07. The molecule has 3 aromatic rings. The summed E-state index contributed by atoms with van der Waals surface area (Å²) in [7, 11) is 1.62. The van der Waals surface area contributed by atoms with Gasteiger partial charge < -0.3 is 14.8 Å². The van der Waals surface area contributed by atoms with Crippen molar-refractivity contribution in [1.82, 2.24) is 5.32 Å². The molecule has 3 rings (SSSR count). The summed E-state index contributed by atoms with van der Waals surface area (Å²) in [4.78, 5) is 12.2. The quantitative estimate of drug-likeness (QED) is 0.737. The van der Waals surface area contributed by atoms with Crippen molar-refractivity contribution in [2.45, 2.75) is 13.0 Å². The summed E-state index contributed by atoms with van der Waals surface area (Å²) in [5.74, 6) is 1.26. The Morgan fingerprint density at radius 3 is 2.52 bits per heavy atom. The zero-order valence-electron chi connectivity index (χ0n) is 14.4. The van der Waals surface area contributed by atoms with Gasteiger partial charge in [0.2, 0.25) is 0 Å². The van der Waals surface area contributed by atoms with E-state index in [1.54, 1.807) is 7.11 Å². The number of rotatable bonds is 6. The Balaban J connectivity index is 1.60. The van der Waals surface area contributed by atoms with Gasteiger partial charge in [-0.1, -0.05) is 48.5 Å². The summed E-state index contributed by atoms with van der Waals surface area (Å²) in [5, 5.41) is 5.16. The number of carbonyl (C=O) groups excluding carboxylic acids is 1. The lowest BCUT2D eigenvalue weighted by atomic mass is 10.1. The molecule has 0 saturated carbocycles. The number of hydrogen-bond donors (Lipinski definition) is 1. The topological polar surface area (TPSA) is 47.6 Å². The first-order valence-corrected chi connectivity index (χ1v) is 8.21. The standard InChI is InChI=1S/C21H21NO3/c1-15(19-9-5-6-10-20(19)24-2)22-21(23)14-25-18-12-11-16-7-3-4-8-17(16)13-18/h3-13,15H,14H2,1-2H3,(H,22,23). The highest BCUT2D eigenvalue weighted by atomic mass is 16.5. The highest BCUT2D eigenvalue weighted by Gasteiger charge is 2.14. The molecule has 0 radical (unpaired) electrons. The number of benzene rings is 3. The van der Waals surface area contributed by atoms with E-state index in [1.165, 1.54) is 0 Å². The molecule has 4 nitrogen and oxygen atoms in total. The molecule has 1 amide bonds. The molecule has 128 valence electrons. The van der Waals surface area contributed by atoms with E-state index in [0.717, 1.165) is 22.1 Å². The van der Waals surface area contributed by atoms with Gasteiger partial charge in [-0.25, -0.2) is 0 Å². The summed E-state index contributed by atoms with van der Waals surface area (Å²) in [5.41, 5.74) is 0.934. The molecule has 1 atom stereocenters. The third-order valence-corrected chi connectivity index (χ3v) is 4.07. The van der Waals surface area contributed by atoms with E-state index < -0.39 is 0 Å². The zero-order chi connectivity index (χ0) is 17.6. The van der Waals surface area contributed by atoms with Gasteiger partial charge in [-0.3, -0.25) is 4.79 Å². The SMILES string of the molecule is COc1ccccc1C(C)NC(=O)COc1ccc2ccccc2c1. The van der Waals surface area contributed by atoms with Crippen LogP contribution < -0.4 is 14.8 Å². The van der Waals surface area contributed by atoms with Crippen molar-refractivity contribution >= 4 is 16.7 Å². The fraction of sp³-hybridized carbons (Fsp3) is 0.190. The van der Waals surface area contributed by atoms with E-state index >= 15 is 0 Å². The molecule has 1 unspecified atom stereocenters. The zero-order valence-corrected chi connectivity index (χ0v) is 14.4. The maximum Gasteiger partial charge on any atom is 0.258 e. The molecule has 0 bridgehead atoms. The molecule has 0 spiro atoms. The fourth-order valence-corrected chi connectivity index (χ4v) is 2.79. The molecular formula is C21H21NO3. The minimum Gasteiger partial charge on any atom is -0.496 e. The molecule has 0 fully saturated rings. The van der Waals surface area contributed by atoms with E-state index in [4.69, 9.17) is 9.47 Å². The van der Waals surface area contributed by atoms with E-state index in [2.05, 4.69) is 5.32 Å². The van der Waals surface area contributed by atoms with Crippen LogP contribution in [0.4, 0.5) is 0 Å². The molecule has 0 aliphatic heterocycles. The minimum atomic E-state index is -0.174. The number of ether oxygens (including phenoxy) is 2. The predicted molar refractivity (Wildman–Crippen MR) is 99.0 cm³/mol. The highest BCUT2D eigenvalue weighted by Crippen LogP contribution is 2.24. The first-order chi connectivity index (χ1) is 12.2. The van der Waals surface area contributed by atoms with Gasteiger partial charge in [0.25, 0.3) is 5.91 Å². The normalized spacial score (nSPS) is 11.8. The Morgan fingerprint density at radius 2 is 1.72 bits per heavy atom. The maximum absolute atomic E-state index is 12.2. The van der Waals surface area contributed by atoms with Gasteiger partial charge in [-0.05, 0) is 35.9 Å². The minimum absolute atomic E-state index is 0.0299. The third kappa shape index (κ3) is 4.10. The van der Waals surface area contributed by atoms with Gasteiger partial charge in [0, 0.05) is 5.56 Å². The Hall–Kier alpha value is -3.01. The van der Waals surface area contributed by atoms with Crippen molar-refractivity contribution in [2.75, 3.05) is 13.7 Å². The Morgan fingerprint density at radius 1 is 1.00 bits per heavy atom. The molecule has 4 heteroatoms. The largest absolute Gasteiger partial charge is 0.496 e. The smallest absolute Gasteiger partial charge is 0.258 e. The van der Waals surface area contributed by atoms with Crippen LogP contribution in [0.3, 0.4) is 0 Å². The van der Waals surface area contributed by atoms with Crippen LogP contribution in [0.15, 0.2) is 66.7 Å². The Bertz CT molecular complexity index is 876. The van der Waals surface area contributed by atoms with Crippen molar-refractivity contribution in [3.05, 3.63) is 72.3 Å². The summed E-state index contributed by atoms with van der Waals surface area (Å²) < 4.78 is 11.0. The summed E-state index contributed by atoms with van der Waals surface area (Å²) >= 11 is 0. The molecule has 0 saturated heterocycles. The second-order valence-corrected chi connectivity index (χ2v) is 5.83. The molecule has 0 aliphatic carbocycles. The molecule has 0 aromatic heterocycles. The molecule has 0 aliphatic rings. The van der Waals surface area contributed by atoms with Crippen LogP contribution >= 0.6 is 0 Å². The average molecular weight is 335 g/mol. The average Bonchev–Trinajstić information content (AvgIpc) is 2.66. The summed E-state index contributed by atoms with van der Waals surface area (Å²) in [6.45, 7) is 1.89. The lowest BCUT2D eigenvalue weighted by Gasteiger charge is -2.17. The van der Waals surface area contributed by atoms with Gasteiger partial charge in [-0.15, -0.1) is 0 Å². The van der Waals surface area contributed by atoms with Crippen molar-refractivity contribution < 1.29 is 14.3 Å². The molecule has 25 heavy (non-hydrogen) atoms. The van der Waals surface area contributed by atoms with Crippen LogP contribution in [0.25, 0.3) is 10.8 Å². The summed E-state index contributed by atoms with van der Waals surface area (Å²) in [6.07, 6.45) is 0. The van der Waals surface area contributed by atoms with Crippen LogP contribution in [-0.2, 0) is 4.79 Å². The van der Waals surface area contributed by atoms with Crippen molar-refractivity contribution in [2.24, 2.45) is 0 Å². The van der Waals surface area contributed by atoms with Gasteiger partial charge in [0.05, 0.1) is 13.2 Å². The number of amides is 1. The first-order valence-electron chi connectivity index (χ1n) is 8.21. The highest BCUT2D eigenvalue weighted by molar-refractivity contribution is 5.84. The number of methoxy groups -OCH3 is 1. The fourth-order valence-electron chi connectivity index (χ4n) is 2.79. The number of nitrogens with one attached hydrogen (secondary N) is 1. The van der Waals surface area contributed by atoms with Crippen molar-refractivity contribution in [3.8, 4) is 11.5 Å². The van der Waals surface area contributed by atoms with Crippen LogP contribution in [0.5, 0.6) is 11.5 Å². The van der Waals surface area contributed by atoms with Crippen LogP contribution in [0.1, 0.15) is 18.5 Å². The van der Waals surface area contributed by atoms with E-state index in [-0.39, 0.29) is 18.6 Å². The lowest BCUT2D eigenvalue weighted by molar-refractivity contribution is -0.123. The predicted octanol–water partition coefficient (Wildman–Crippen LogP) is 4.10. The monoisotopic (exact) mass is 335 g/mol. The number of fused-ring (bicyclic) bond motifs is 1. The number of hydrogen-bond acceptors (Lipinski definition) is 3. The Labute approximate surface area is 147 Å². The van der Waals surface area contributed by atoms with E-state index in [0.29, 0.717) is 5.75 Å². The first kappa shape index (κ1) is 16.8. The van der Waals surface area contributed by atoms with Gasteiger partial charge in [-0.2, -0.15) is 0 Å². The molecular weight excluding hydrogens is 314 g/mol. The van der Waals surface area contributed by atoms with Gasteiger partial charge in [0.15, 0.2) is 6.61 Å². The summed E-state index contributed by atoms with van der Waals surface area (Å²) in [6, 6.07) is 21.3. The van der Waals surface area contributed by atoms with E-state index in [9.17, 15) is 4.79 Å². The molecule has 1 N–H and O–H groups in total. The van der Waals surface area contributed by atoms with Crippen LogP contribution in [0.2, 0.25) is 0 Å². The van der Waals surface area contributed by atoms with Gasteiger partial charge >= 0.3 is 0 Å².